The van der Waals surface area contributed by atoms with Gasteiger partial charge in [-0.1, -0.05) is 69.3 Å². The van der Waals surface area contributed by atoms with Crippen molar-refractivity contribution < 1.29 is 18.7 Å². The zero-order valence-electron chi connectivity index (χ0n) is 21.5. The van der Waals surface area contributed by atoms with E-state index in [1.165, 1.54) is 17.0 Å². The highest BCUT2D eigenvalue weighted by molar-refractivity contribution is 9.10. The Bertz CT molecular complexity index is 1170. The SMILES string of the molecule is CCCNC(=O)[C@H](Cc1ccccc1)N(Cc1ccc(F)cc1)C(=O)COc1ccc(C(C)C)cc1Br. The van der Waals surface area contributed by atoms with Gasteiger partial charge in [0, 0.05) is 19.5 Å². The summed E-state index contributed by atoms with van der Waals surface area (Å²) in [4.78, 5) is 28.5. The van der Waals surface area contributed by atoms with Crippen LogP contribution in [0.5, 0.6) is 5.75 Å². The third-order valence-electron chi connectivity index (χ3n) is 6.06. The highest BCUT2D eigenvalue weighted by atomic mass is 79.9. The van der Waals surface area contributed by atoms with Crippen LogP contribution in [-0.4, -0.2) is 35.9 Å². The van der Waals surface area contributed by atoms with E-state index in [-0.39, 0.29) is 30.8 Å². The van der Waals surface area contributed by atoms with Crippen molar-refractivity contribution in [2.45, 2.75) is 52.1 Å². The Labute approximate surface area is 227 Å². The molecule has 0 spiro atoms. The molecule has 1 atom stereocenters. The summed E-state index contributed by atoms with van der Waals surface area (Å²) >= 11 is 3.54. The first-order chi connectivity index (χ1) is 17.8. The van der Waals surface area contributed by atoms with Crippen LogP contribution in [-0.2, 0) is 22.6 Å². The Balaban J connectivity index is 1.88. The molecule has 1 N–H and O–H groups in total. The molecule has 3 rings (SSSR count). The molecule has 196 valence electrons. The first kappa shape index (κ1) is 28.4. The fourth-order valence-electron chi connectivity index (χ4n) is 3.92. The van der Waals surface area contributed by atoms with Crippen molar-refractivity contribution in [3.63, 3.8) is 0 Å². The zero-order valence-corrected chi connectivity index (χ0v) is 23.1. The first-order valence-corrected chi connectivity index (χ1v) is 13.4. The van der Waals surface area contributed by atoms with Gasteiger partial charge < -0.3 is 15.0 Å². The van der Waals surface area contributed by atoms with Crippen molar-refractivity contribution in [3.8, 4) is 5.75 Å². The molecular weight excluding hydrogens is 535 g/mol. The van der Waals surface area contributed by atoms with E-state index >= 15 is 0 Å². The molecule has 37 heavy (non-hydrogen) atoms. The number of carbonyl (C=O) groups is 2. The van der Waals surface area contributed by atoms with Crippen molar-refractivity contribution in [3.05, 3.63) is 99.8 Å². The van der Waals surface area contributed by atoms with Crippen LogP contribution < -0.4 is 10.1 Å². The quantitative estimate of drug-likeness (QED) is 0.280. The third kappa shape index (κ3) is 8.42. The Hall–Kier alpha value is -3.19. The minimum atomic E-state index is -0.762. The normalized spacial score (nSPS) is 11.7. The highest BCUT2D eigenvalue weighted by Crippen LogP contribution is 2.29. The molecule has 0 saturated heterocycles. The number of rotatable bonds is 12. The van der Waals surface area contributed by atoms with E-state index in [1.807, 2.05) is 55.5 Å². The monoisotopic (exact) mass is 568 g/mol. The van der Waals surface area contributed by atoms with Gasteiger partial charge in [0.25, 0.3) is 5.91 Å². The van der Waals surface area contributed by atoms with Gasteiger partial charge in [-0.3, -0.25) is 9.59 Å². The lowest BCUT2D eigenvalue weighted by molar-refractivity contribution is -0.142. The topological polar surface area (TPSA) is 58.6 Å². The van der Waals surface area contributed by atoms with E-state index in [1.54, 1.807) is 12.1 Å². The fraction of sp³-hybridized carbons (Fsp3) is 0.333. The molecule has 0 aliphatic rings. The molecule has 0 unspecified atom stereocenters. The largest absolute Gasteiger partial charge is 0.483 e. The number of benzene rings is 3. The number of ether oxygens (including phenoxy) is 1. The van der Waals surface area contributed by atoms with E-state index in [2.05, 4.69) is 35.1 Å². The van der Waals surface area contributed by atoms with Crippen molar-refractivity contribution in [1.29, 1.82) is 0 Å². The number of halogens is 2. The maximum Gasteiger partial charge on any atom is 0.261 e. The molecule has 2 amide bonds. The molecule has 0 heterocycles. The van der Waals surface area contributed by atoms with Gasteiger partial charge in [-0.15, -0.1) is 0 Å². The molecular formula is C30H34BrFN2O3. The van der Waals surface area contributed by atoms with Crippen LogP contribution in [0.2, 0.25) is 0 Å². The summed E-state index contributed by atoms with van der Waals surface area (Å²) in [5.41, 5.74) is 2.81. The van der Waals surface area contributed by atoms with Crippen molar-refractivity contribution >= 4 is 27.7 Å². The lowest BCUT2D eigenvalue weighted by atomic mass is 10.0. The van der Waals surface area contributed by atoms with Gasteiger partial charge in [-0.05, 0) is 69.2 Å². The predicted molar refractivity (Wildman–Crippen MR) is 148 cm³/mol. The second kappa shape index (κ2) is 13.9. The van der Waals surface area contributed by atoms with E-state index < -0.39 is 6.04 Å². The number of nitrogens with zero attached hydrogens (tertiary/aromatic N) is 1. The van der Waals surface area contributed by atoms with Gasteiger partial charge in [-0.25, -0.2) is 4.39 Å². The summed E-state index contributed by atoms with van der Waals surface area (Å²) in [6.07, 6.45) is 1.12. The molecule has 0 saturated carbocycles. The second-order valence-electron chi connectivity index (χ2n) is 9.28. The Morgan fingerprint density at radius 3 is 2.32 bits per heavy atom. The van der Waals surface area contributed by atoms with Crippen LogP contribution in [0.25, 0.3) is 0 Å². The number of amides is 2. The van der Waals surface area contributed by atoms with Crippen LogP contribution in [0.3, 0.4) is 0 Å². The van der Waals surface area contributed by atoms with Crippen molar-refractivity contribution in [2.75, 3.05) is 13.2 Å². The average molecular weight is 570 g/mol. The third-order valence-corrected chi connectivity index (χ3v) is 6.68. The van der Waals surface area contributed by atoms with Gasteiger partial charge in [0.15, 0.2) is 6.61 Å². The summed E-state index contributed by atoms with van der Waals surface area (Å²) in [6.45, 7) is 6.60. The smallest absolute Gasteiger partial charge is 0.261 e. The molecule has 3 aromatic carbocycles. The molecule has 0 radical (unpaired) electrons. The van der Waals surface area contributed by atoms with E-state index in [9.17, 15) is 14.0 Å². The van der Waals surface area contributed by atoms with Crippen LogP contribution >= 0.6 is 15.9 Å². The molecule has 7 heteroatoms. The number of nitrogens with one attached hydrogen (secondary N) is 1. The fourth-order valence-corrected chi connectivity index (χ4v) is 4.43. The number of carbonyl (C=O) groups excluding carboxylic acids is 2. The summed E-state index contributed by atoms with van der Waals surface area (Å²) in [7, 11) is 0. The van der Waals surface area contributed by atoms with Gasteiger partial charge in [0.1, 0.15) is 17.6 Å². The summed E-state index contributed by atoms with van der Waals surface area (Å²) in [6, 6.07) is 20.6. The molecule has 3 aromatic rings. The van der Waals surface area contributed by atoms with Crippen molar-refractivity contribution in [2.24, 2.45) is 0 Å². The van der Waals surface area contributed by atoms with Gasteiger partial charge in [0.05, 0.1) is 4.47 Å². The number of hydrogen-bond donors (Lipinski definition) is 1. The molecule has 0 bridgehead atoms. The molecule has 0 aromatic heterocycles. The van der Waals surface area contributed by atoms with E-state index in [4.69, 9.17) is 4.74 Å². The standard InChI is InChI=1S/C30H34BrFN2O3/c1-4-16-33-30(36)27(17-22-8-6-5-7-9-22)34(19-23-10-13-25(32)14-11-23)29(35)20-37-28-15-12-24(21(2)3)18-26(28)31/h5-15,18,21,27H,4,16-17,19-20H2,1-3H3,(H,33,36)/t27-/m0/s1. The first-order valence-electron chi connectivity index (χ1n) is 12.6. The summed E-state index contributed by atoms with van der Waals surface area (Å²) in [5.74, 6) is -0.0189. The Morgan fingerprint density at radius 2 is 1.70 bits per heavy atom. The summed E-state index contributed by atoms with van der Waals surface area (Å²) in [5, 5.41) is 2.94. The molecule has 0 aliphatic carbocycles. The lowest BCUT2D eigenvalue weighted by Gasteiger charge is -2.31. The van der Waals surface area contributed by atoms with Crippen LogP contribution in [0.4, 0.5) is 4.39 Å². The summed E-state index contributed by atoms with van der Waals surface area (Å²) < 4.78 is 20.2. The highest BCUT2D eigenvalue weighted by Gasteiger charge is 2.30. The molecule has 0 aliphatic heterocycles. The lowest BCUT2D eigenvalue weighted by Crippen LogP contribution is -2.51. The van der Waals surface area contributed by atoms with Crippen LogP contribution in [0.1, 0.15) is 49.8 Å². The Morgan fingerprint density at radius 1 is 1.00 bits per heavy atom. The van der Waals surface area contributed by atoms with E-state index in [0.29, 0.717) is 24.6 Å². The Kier molecular flexibility index (Phi) is 10.7. The van der Waals surface area contributed by atoms with E-state index in [0.717, 1.165) is 27.6 Å². The van der Waals surface area contributed by atoms with Crippen molar-refractivity contribution in [1.82, 2.24) is 10.2 Å². The maximum absolute atomic E-state index is 13.6. The van der Waals surface area contributed by atoms with Gasteiger partial charge in [-0.2, -0.15) is 0 Å². The van der Waals surface area contributed by atoms with Crippen LogP contribution in [0, 0.1) is 5.82 Å². The molecule has 0 fully saturated rings. The minimum Gasteiger partial charge on any atom is -0.483 e. The average Bonchev–Trinajstić information content (AvgIpc) is 2.90. The second-order valence-corrected chi connectivity index (χ2v) is 10.1. The number of hydrogen-bond acceptors (Lipinski definition) is 3. The molecule has 5 nitrogen and oxygen atoms in total. The van der Waals surface area contributed by atoms with Gasteiger partial charge >= 0.3 is 0 Å². The predicted octanol–water partition coefficient (Wildman–Crippen LogP) is 6.26. The van der Waals surface area contributed by atoms with Gasteiger partial charge in [0.2, 0.25) is 5.91 Å². The minimum absolute atomic E-state index is 0.146. The van der Waals surface area contributed by atoms with Crippen LogP contribution in [0.15, 0.2) is 77.3 Å². The maximum atomic E-state index is 13.6. The zero-order chi connectivity index (χ0) is 26.8.